The molecule has 3 atom stereocenters. The predicted octanol–water partition coefficient (Wildman–Crippen LogP) is -1.27. The Morgan fingerprint density at radius 1 is 1.33 bits per heavy atom. The number of hydrogen-bond donors (Lipinski definition) is 3. The van der Waals surface area contributed by atoms with E-state index in [1.165, 1.54) is 6.92 Å². The number of esters is 1. The minimum atomic E-state index is -0.868. The van der Waals surface area contributed by atoms with Crippen LogP contribution < -0.4 is 16.8 Å². The maximum absolute atomic E-state index is 11.3. The summed E-state index contributed by atoms with van der Waals surface area (Å²) in [7, 11) is 0. The first-order valence-corrected chi connectivity index (χ1v) is 4.89. The second-order valence-corrected chi connectivity index (χ2v) is 3.35. The molecule has 1 unspecified atom stereocenters. The van der Waals surface area contributed by atoms with Crippen LogP contribution in [0.3, 0.4) is 0 Å². The Labute approximate surface area is 89.3 Å². The van der Waals surface area contributed by atoms with E-state index in [4.69, 9.17) is 16.2 Å². The lowest BCUT2D eigenvalue weighted by molar-refractivity contribution is -0.151. The summed E-state index contributed by atoms with van der Waals surface area (Å²) >= 11 is 0. The highest BCUT2D eigenvalue weighted by atomic mass is 16.5. The van der Waals surface area contributed by atoms with Crippen molar-refractivity contribution in [3.05, 3.63) is 0 Å². The summed E-state index contributed by atoms with van der Waals surface area (Å²) in [6.07, 6.45) is -0.685. The number of amides is 1. The van der Waals surface area contributed by atoms with Crippen molar-refractivity contribution >= 4 is 11.9 Å². The molecule has 0 spiro atoms. The molecule has 0 bridgehead atoms. The number of carbonyl (C=O) groups is 2. The first kappa shape index (κ1) is 13.9. The Balaban J connectivity index is 4.14. The summed E-state index contributed by atoms with van der Waals surface area (Å²) in [5, 5.41) is 2.54. The molecule has 0 rings (SSSR count). The fourth-order valence-electron chi connectivity index (χ4n) is 0.869. The third-order valence-corrected chi connectivity index (χ3v) is 1.83. The molecule has 15 heavy (non-hydrogen) atoms. The summed E-state index contributed by atoms with van der Waals surface area (Å²) in [6, 6.07) is -1.58. The Kier molecular flexibility index (Phi) is 5.88. The van der Waals surface area contributed by atoms with Crippen LogP contribution in [0.4, 0.5) is 0 Å². The number of likely N-dealkylation sites (N-methyl/N-ethyl adjacent to an activating group) is 1. The van der Waals surface area contributed by atoms with Gasteiger partial charge in [-0.05, 0) is 20.8 Å². The number of nitrogens with two attached hydrogens (primary N) is 2. The number of carbonyl (C=O) groups excluding carboxylic acids is 2. The number of nitrogens with one attached hydrogen (secondary N) is 1. The molecular formula is C9H19N3O3. The summed E-state index contributed by atoms with van der Waals surface area (Å²) in [5.74, 6) is -0.912. The van der Waals surface area contributed by atoms with Crippen LogP contribution in [0.1, 0.15) is 20.8 Å². The molecule has 0 aromatic heterocycles. The van der Waals surface area contributed by atoms with Crippen LogP contribution in [0.2, 0.25) is 0 Å². The summed E-state index contributed by atoms with van der Waals surface area (Å²) < 4.78 is 4.89. The second kappa shape index (κ2) is 6.36. The van der Waals surface area contributed by atoms with Gasteiger partial charge in [0, 0.05) is 6.54 Å². The van der Waals surface area contributed by atoms with Crippen molar-refractivity contribution < 1.29 is 14.3 Å². The van der Waals surface area contributed by atoms with E-state index >= 15 is 0 Å². The minimum Gasteiger partial charge on any atom is -0.459 e. The fourth-order valence-corrected chi connectivity index (χ4v) is 0.869. The van der Waals surface area contributed by atoms with Crippen molar-refractivity contribution in [2.75, 3.05) is 6.54 Å². The van der Waals surface area contributed by atoms with Crippen LogP contribution >= 0.6 is 0 Å². The van der Waals surface area contributed by atoms with Gasteiger partial charge in [0.15, 0.2) is 0 Å². The van der Waals surface area contributed by atoms with Crippen LogP contribution in [-0.2, 0) is 14.3 Å². The number of hydrogen-bond acceptors (Lipinski definition) is 5. The first-order chi connectivity index (χ1) is 6.90. The average molecular weight is 217 g/mol. The highest BCUT2D eigenvalue weighted by molar-refractivity contribution is 5.83. The Morgan fingerprint density at radius 2 is 1.87 bits per heavy atom. The van der Waals surface area contributed by atoms with Gasteiger partial charge in [-0.25, -0.2) is 0 Å². The van der Waals surface area contributed by atoms with Crippen molar-refractivity contribution in [2.24, 2.45) is 11.5 Å². The molecule has 0 aromatic rings. The molecule has 0 aliphatic rings. The molecule has 0 aliphatic heterocycles. The molecule has 1 amide bonds. The third-order valence-electron chi connectivity index (χ3n) is 1.83. The molecule has 0 radical (unpaired) electrons. The third kappa shape index (κ3) is 4.75. The highest BCUT2D eigenvalue weighted by Crippen LogP contribution is 1.98. The lowest BCUT2D eigenvalue weighted by atomic mass is 10.2. The van der Waals surface area contributed by atoms with Crippen LogP contribution in [-0.4, -0.2) is 36.6 Å². The molecular weight excluding hydrogens is 198 g/mol. The van der Waals surface area contributed by atoms with E-state index in [9.17, 15) is 9.59 Å². The molecule has 6 heteroatoms. The standard InChI is InChI=1S/C9H19N3O3/c1-4-12-8(13)7(11)6(3)15-9(14)5(2)10/h5-7H,4,10-11H2,1-3H3,(H,12,13)/t5?,6-,7+/m1/s1. The molecule has 0 saturated heterocycles. The van der Waals surface area contributed by atoms with E-state index in [1.54, 1.807) is 13.8 Å². The van der Waals surface area contributed by atoms with Crippen LogP contribution in [0.15, 0.2) is 0 Å². The topological polar surface area (TPSA) is 107 Å². The van der Waals surface area contributed by atoms with Gasteiger partial charge in [-0.3, -0.25) is 9.59 Å². The summed E-state index contributed by atoms with van der Waals surface area (Å²) in [4.78, 5) is 22.4. The minimum absolute atomic E-state index is 0.345. The molecule has 88 valence electrons. The molecule has 0 fully saturated rings. The van der Waals surface area contributed by atoms with Gasteiger partial charge in [-0.15, -0.1) is 0 Å². The van der Waals surface area contributed by atoms with E-state index in [0.29, 0.717) is 6.54 Å². The Morgan fingerprint density at radius 3 is 2.27 bits per heavy atom. The fraction of sp³-hybridized carbons (Fsp3) is 0.778. The molecule has 6 nitrogen and oxygen atoms in total. The van der Waals surface area contributed by atoms with Gasteiger partial charge in [-0.2, -0.15) is 0 Å². The van der Waals surface area contributed by atoms with Crippen molar-refractivity contribution in [1.82, 2.24) is 5.32 Å². The zero-order valence-electron chi connectivity index (χ0n) is 9.32. The second-order valence-electron chi connectivity index (χ2n) is 3.35. The van der Waals surface area contributed by atoms with Crippen LogP contribution in [0.25, 0.3) is 0 Å². The summed E-state index contributed by atoms with van der Waals surface area (Å²) in [5.41, 5.74) is 10.9. The van der Waals surface area contributed by atoms with E-state index in [-0.39, 0.29) is 5.91 Å². The van der Waals surface area contributed by atoms with Gasteiger partial charge in [0.1, 0.15) is 18.2 Å². The molecule has 0 aromatic carbocycles. The molecule has 0 aliphatic carbocycles. The van der Waals surface area contributed by atoms with Crippen LogP contribution in [0.5, 0.6) is 0 Å². The van der Waals surface area contributed by atoms with Crippen molar-refractivity contribution in [3.63, 3.8) is 0 Å². The normalized spacial score (nSPS) is 16.3. The zero-order valence-corrected chi connectivity index (χ0v) is 9.32. The van der Waals surface area contributed by atoms with Gasteiger partial charge in [0.05, 0.1) is 0 Å². The maximum atomic E-state index is 11.3. The van der Waals surface area contributed by atoms with Crippen molar-refractivity contribution in [1.29, 1.82) is 0 Å². The molecule has 5 N–H and O–H groups in total. The van der Waals surface area contributed by atoms with E-state index < -0.39 is 24.2 Å². The first-order valence-electron chi connectivity index (χ1n) is 4.89. The van der Waals surface area contributed by atoms with Gasteiger partial charge in [-0.1, -0.05) is 0 Å². The summed E-state index contributed by atoms with van der Waals surface area (Å²) in [6.45, 7) is 5.33. The lowest BCUT2D eigenvalue weighted by Crippen LogP contribution is -2.49. The quantitative estimate of drug-likeness (QED) is 0.498. The van der Waals surface area contributed by atoms with E-state index in [1.807, 2.05) is 0 Å². The molecule has 0 saturated carbocycles. The average Bonchev–Trinajstić information content (AvgIpc) is 2.16. The predicted molar refractivity (Wildman–Crippen MR) is 55.9 cm³/mol. The van der Waals surface area contributed by atoms with Gasteiger partial charge in [0.25, 0.3) is 0 Å². The Hall–Kier alpha value is -1.14. The smallest absolute Gasteiger partial charge is 0.322 e. The largest absolute Gasteiger partial charge is 0.459 e. The Bertz CT molecular complexity index is 231. The van der Waals surface area contributed by atoms with Crippen LogP contribution in [0, 0.1) is 0 Å². The number of rotatable bonds is 5. The highest BCUT2D eigenvalue weighted by Gasteiger charge is 2.24. The SMILES string of the molecule is CCNC(=O)[C@@H](N)[C@@H](C)OC(=O)C(C)N. The van der Waals surface area contributed by atoms with Gasteiger partial charge in [0.2, 0.25) is 5.91 Å². The zero-order chi connectivity index (χ0) is 12.0. The van der Waals surface area contributed by atoms with Crippen molar-refractivity contribution in [2.45, 2.75) is 39.0 Å². The van der Waals surface area contributed by atoms with Crippen molar-refractivity contribution in [3.8, 4) is 0 Å². The monoisotopic (exact) mass is 217 g/mol. The lowest BCUT2D eigenvalue weighted by Gasteiger charge is -2.20. The maximum Gasteiger partial charge on any atom is 0.322 e. The van der Waals surface area contributed by atoms with E-state index in [2.05, 4.69) is 5.32 Å². The molecule has 0 heterocycles. The number of ether oxygens (including phenoxy) is 1. The van der Waals surface area contributed by atoms with Gasteiger partial charge >= 0.3 is 5.97 Å². The van der Waals surface area contributed by atoms with Gasteiger partial charge < -0.3 is 21.5 Å². The van der Waals surface area contributed by atoms with E-state index in [0.717, 1.165) is 0 Å².